The number of aromatic nitrogens is 2. The second-order valence-electron chi connectivity index (χ2n) is 6.33. The molecule has 0 unspecified atom stereocenters. The Bertz CT molecular complexity index is 1310. The number of pyridine rings is 2. The molecular formula is C21H16N4O3S. The van der Waals surface area contributed by atoms with E-state index in [4.69, 9.17) is 5.14 Å². The fourth-order valence-electron chi connectivity index (χ4n) is 2.96. The Morgan fingerprint density at radius 1 is 0.931 bits per heavy atom. The number of amides is 1. The van der Waals surface area contributed by atoms with Gasteiger partial charge in [-0.3, -0.25) is 9.78 Å². The van der Waals surface area contributed by atoms with Crippen LogP contribution in [0.15, 0.2) is 84.0 Å². The van der Waals surface area contributed by atoms with Crippen molar-refractivity contribution >= 4 is 32.5 Å². The van der Waals surface area contributed by atoms with Gasteiger partial charge in [0.05, 0.1) is 21.7 Å². The number of hydrogen-bond donors (Lipinski definition) is 2. The molecule has 3 N–H and O–H groups in total. The minimum Gasteiger partial charge on any atom is -0.322 e. The normalized spacial score (nSPS) is 11.3. The predicted molar refractivity (Wildman–Crippen MR) is 111 cm³/mol. The number of nitrogens with one attached hydrogen (secondary N) is 1. The summed E-state index contributed by atoms with van der Waals surface area (Å²) in [6, 6.07) is 18.4. The van der Waals surface area contributed by atoms with Crippen molar-refractivity contribution in [3.63, 3.8) is 0 Å². The van der Waals surface area contributed by atoms with E-state index < -0.39 is 10.0 Å². The van der Waals surface area contributed by atoms with Crippen molar-refractivity contribution in [2.45, 2.75) is 4.90 Å². The number of hydrogen-bond acceptors (Lipinski definition) is 5. The maximum atomic E-state index is 13.0. The third-order valence-electron chi connectivity index (χ3n) is 4.38. The van der Waals surface area contributed by atoms with Crippen LogP contribution in [0.4, 0.5) is 5.69 Å². The zero-order valence-electron chi connectivity index (χ0n) is 15.1. The number of nitrogens with zero attached hydrogens (tertiary/aromatic N) is 2. The second kappa shape index (κ2) is 7.42. The lowest BCUT2D eigenvalue weighted by molar-refractivity contribution is 0.102. The Kier molecular flexibility index (Phi) is 4.79. The van der Waals surface area contributed by atoms with Crippen molar-refractivity contribution in [2.75, 3.05) is 5.32 Å². The van der Waals surface area contributed by atoms with Crippen molar-refractivity contribution in [1.82, 2.24) is 9.97 Å². The molecule has 144 valence electrons. The van der Waals surface area contributed by atoms with Crippen LogP contribution >= 0.6 is 0 Å². The van der Waals surface area contributed by atoms with Gasteiger partial charge in [0, 0.05) is 29.0 Å². The number of anilines is 1. The number of primary sulfonamides is 1. The van der Waals surface area contributed by atoms with Gasteiger partial charge in [-0.2, -0.15) is 0 Å². The van der Waals surface area contributed by atoms with Gasteiger partial charge in [0.2, 0.25) is 10.0 Å². The molecule has 0 aliphatic carbocycles. The van der Waals surface area contributed by atoms with E-state index in [0.29, 0.717) is 27.8 Å². The molecule has 1 amide bonds. The van der Waals surface area contributed by atoms with Gasteiger partial charge in [0.25, 0.3) is 5.91 Å². The standard InChI is InChI=1S/C21H16N4O3S/c22-29(27,28)16-7-5-15(6-8-16)24-21(26)18-13-20(14-9-11-23-12-10-14)25-19-4-2-1-3-17(18)19/h1-13H,(H,24,26)(H2,22,27,28). The van der Waals surface area contributed by atoms with Gasteiger partial charge in [-0.15, -0.1) is 0 Å². The van der Waals surface area contributed by atoms with Crippen LogP contribution in [-0.4, -0.2) is 24.3 Å². The number of carbonyl (C=O) groups excluding carboxylic acids is 1. The summed E-state index contributed by atoms with van der Waals surface area (Å²) in [6.45, 7) is 0. The molecule has 29 heavy (non-hydrogen) atoms. The first-order valence-electron chi connectivity index (χ1n) is 8.66. The number of nitrogens with two attached hydrogens (primary N) is 1. The average molecular weight is 404 g/mol. The predicted octanol–water partition coefficient (Wildman–Crippen LogP) is 3.20. The highest BCUT2D eigenvalue weighted by molar-refractivity contribution is 7.89. The molecule has 8 heteroatoms. The molecule has 2 aromatic carbocycles. The van der Waals surface area contributed by atoms with Crippen molar-refractivity contribution in [1.29, 1.82) is 0 Å². The SMILES string of the molecule is NS(=O)(=O)c1ccc(NC(=O)c2cc(-c3ccncc3)nc3ccccc23)cc1. The number of fused-ring (bicyclic) bond motifs is 1. The zero-order valence-corrected chi connectivity index (χ0v) is 15.9. The number of benzene rings is 2. The van der Waals surface area contributed by atoms with Crippen molar-refractivity contribution < 1.29 is 13.2 Å². The molecule has 0 radical (unpaired) electrons. The summed E-state index contributed by atoms with van der Waals surface area (Å²) in [7, 11) is -3.79. The summed E-state index contributed by atoms with van der Waals surface area (Å²) >= 11 is 0. The molecule has 0 saturated heterocycles. The first-order valence-corrected chi connectivity index (χ1v) is 10.2. The van der Waals surface area contributed by atoms with Crippen molar-refractivity contribution in [2.24, 2.45) is 5.14 Å². The molecule has 7 nitrogen and oxygen atoms in total. The molecule has 0 fully saturated rings. The van der Waals surface area contributed by atoms with E-state index in [-0.39, 0.29) is 10.8 Å². The minimum atomic E-state index is -3.79. The third kappa shape index (κ3) is 3.98. The van der Waals surface area contributed by atoms with Gasteiger partial charge in [0.15, 0.2) is 0 Å². The van der Waals surface area contributed by atoms with Crippen LogP contribution in [0.25, 0.3) is 22.2 Å². The summed E-state index contributed by atoms with van der Waals surface area (Å²) in [5, 5.41) is 8.61. The molecule has 0 atom stereocenters. The van der Waals surface area contributed by atoms with E-state index in [0.717, 1.165) is 5.56 Å². The molecular weight excluding hydrogens is 388 g/mol. The molecule has 2 aromatic heterocycles. The number of rotatable bonds is 4. The van der Waals surface area contributed by atoms with Crippen molar-refractivity contribution in [3.8, 4) is 11.3 Å². The molecule has 0 bridgehead atoms. The number of sulfonamides is 1. The summed E-state index contributed by atoms with van der Waals surface area (Å²) < 4.78 is 22.8. The second-order valence-corrected chi connectivity index (χ2v) is 7.89. The Morgan fingerprint density at radius 3 is 2.31 bits per heavy atom. The minimum absolute atomic E-state index is 0.0233. The van der Waals surface area contributed by atoms with Gasteiger partial charge < -0.3 is 5.32 Å². The lowest BCUT2D eigenvalue weighted by Crippen LogP contribution is -2.14. The van der Waals surface area contributed by atoms with Crippen molar-refractivity contribution in [3.05, 3.63) is 84.7 Å². The first kappa shape index (κ1) is 18.7. The summed E-state index contributed by atoms with van der Waals surface area (Å²) in [5.74, 6) is -0.331. The average Bonchev–Trinajstić information content (AvgIpc) is 2.73. The van der Waals surface area contributed by atoms with E-state index in [9.17, 15) is 13.2 Å². The van der Waals surface area contributed by atoms with Crippen LogP contribution in [0.2, 0.25) is 0 Å². The van der Waals surface area contributed by atoms with Gasteiger partial charge in [-0.05, 0) is 48.5 Å². The maximum Gasteiger partial charge on any atom is 0.256 e. The topological polar surface area (TPSA) is 115 Å². The fraction of sp³-hybridized carbons (Fsp3) is 0. The highest BCUT2D eigenvalue weighted by Crippen LogP contribution is 2.25. The zero-order chi connectivity index (χ0) is 20.4. The Balaban J connectivity index is 1.73. The third-order valence-corrected chi connectivity index (χ3v) is 5.31. The lowest BCUT2D eigenvalue weighted by Gasteiger charge is -2.11. The molecule has 4 rings (SSSR count). The van der Waals surface area contributed by atoms with Gasteiger partial charge >= 0.3 is 0 Å². The monoisotopic (exact) mass is 404 g/mol. The molecule has 0 aliphatic rings. The van der Waals surface area contributed by atoms with E-state index in [2.05, 4.69) is 15.3 Å². The van der Waals surface area contributed by atoms with E-state index >= 15 is 0 Å². The van der Waals surface area contributed by atoms with E-state index in [1.807, 2.05) is 36.4 Å². The van der Waals surface area contributed by atoms with E-state index in [1.54, 1.807) is 18.5 Å². The van der Waals surface area contributed by atoms with Gasteiger partial charge in [-0.25, -0.2) is 18.5 Å². The summed E-state index contributed by atoms with van der Waals surface area (Å²) in [5.41, 5.74) is 3.10. The van der Waals surface area contributed by atoms with Crippen LogP contribution in [-0.2, 0) is 10.0 Å². The Labute approximate surface area is 167 Å². The largest absolute Gasteiger partial charge is 0.322 e. The lowest BCUT2D eigenvalue weighted by atomic mass is 10.0. The summed E-state index contributed by atoms with van der Waals surface area (Å²) in [6.07, 6.45) is 3.33. The summed E-state index contributed by atoms with van der Waals surface area (Å²) in [4.78, 5) is 21.6. The van der Waals surface area contributed by atoms with Crippen LogP contribution < -0.4 is 10.5 Å². The van der Waals surface area contributed by atoms with Gasteiger partial charge in [-0.1, -0.05) is 18.2 Å². The molecule has 2 heterocycles. The highest BCUT2D eigenvalue weighted by Gasteiger charge is 2.15. The maximum absolute atomic E-state index is 13.0. The van der Waals surface area contributed by atoms with Crippen LogP contribution in [0.1, 0.15) is 10.4 Å². The fourth-order valence-corrected chi connectivity index (χ4v) is 3.48. The molecule has 0 spiro atoms. The quantitative estimate of drug-likeness (QED) is 0.542. The Hall–Kier alpha value is -3.62. The molecule has 4 aromatic rings. The van der Waals surface area contributed by atoms with Crippen LogP contribution in [0.3, 0.4) is 0 Å². The van der Waals surface area contributed by atoms with Crippen LogP contribution in [0.5, 0.6) is 0 Å². The number of para-hydroxylation sites is 1. The van der Waals surface area contributed by atoms with Gasteiger partial charge in [0.1, 0.15) is 0 Å². The highest BCUT2D eigenvalue weighted by atomic mass is 32.2. The van der Waals surface area contributed by atoms with E-state index in [1.165, 1.54) is 24.3 Å². The molecule has 0 aliphatic heterocycles. The smallest absolute Gasteiger partial charge is 0.256 e. The first-order chi connectivity index (χ1) is 13.9. The number of carbonyl (C=O) groups is 1. The molecule has 0 saturated carbocycles. The Morgan fingerprint density at radius 2 is 1.62 bits per heavy atom. The van der Waals surface area contributed by atoms with Crippen LogP contribution in [0, 0.1) is 0 Å².